The molecule has 2 aromatic heterocycles. The Morgan fingerprint density at radius 2 is 2.24 bits per heavy atom. The van der Waals surface area contributed by atoms with Crippen molar-refractivity contribution in [3.05, 3.63) is 36.4 Å². The van der Waals surface area contributed by atoms with Crippen LogP contribution in [0.4, 0.5) is 11.4 Å². The molecule has 0 saturated carbocycles. The van der Waals surface area contributed by atoms with Gasteiger partial charge in [0, 0.05) is 32.2 Å². The Balaban J connectivity index is 2.19. The molecule has 0 aliphatic rings. The first-order valence-electron chi connectivity index (χ1n) is 5.13. The average molecular weight is 231 g/mol. The van der Waals surface area contributed by atoms with Gasteiger partial charge in [-0.3, -0.25) is 14.5 Å². The molecular formula is C11H13N5O. The van der Waals surface area contributed by atoms with E-state index in [1.807, 2.05) is 13.2 Å². The number of rotatable bonds is 3. The Kier molecular flexibility index (Phi) is 3.04. The number of aromatic nitrogens is 3. The van der Waals surface area contributed by atoms with Crippen LogP contribution in [-0.4, -0.2) is 27.7 Å². The fourth-order valence-corrected chi connectivity index (χ4v) is 1.41. The van der Waals surface area contributed by atoms with Crippen LogP contribution in [0.1, 0.15) is 10.5 Å². The van der Waals surface area contributed by atoms with E-state index in [1.165, 1.54) is 0 Å². The lowest BCUT2D eigenvalue weighted by atomic mass is 10.3. The lowest BCUT2D eigenvalue weighted by Gasteiger charge is -2.04. The van der Waals surface area contributed by atoms with Gasteiger partial charge in [0.2, 0.25) is 0 Å². The number of pyridine rings is 1. The molecule has 2 rings (SSSR count). The second-order valence-corrected chi connectivity index (χ2v) is 3.54. The summed E-state index contributed by atoms with van der Waals surface area (Å²) in [6, 6.07) is 3.48. The van der Waals surface area contributed by atoms with Gasteiger partial charge < -0.3 is 10.6 Å². The van der Waals surface area contributed by atoms with E-state index in [0.717, 1.165) is 11.4 Å². The number of carbonyl (C=O) groups excluding carboxylic acids is 1. The molecular weight excluding hydrogens is 218 g/mol. The molecule has 6 nitrogen and oxygen atoms in total. The minimum atomic E-state index is -0.208. The van der Waals surface area contributed by atoms with E-state index in [0.29, 0.717) is 5.69 Å². The summed E-state index contributed by atoms with van der Waals surface area (Å²) in [6.45, 7) is 0. The van der Waals surface area contributed by atoms with Gasteiger partial charge in [-0.15, -0.1) is 0 Å². The SMILES string of the molecule is CNC(=O)c1cc(Nc2cnn(C)c2)ccn1. The van der Waals surface area contributed by atoms with Crippen LogP contribution in [0.3, 0.4) is 0 Å². The van der Waals surface area contributed by atoms with Crippen molar-refractivity contribution in [2.24, 2.45) is 7.05 Å². The highest BCUT2D eigenvalue weighted by atomic mass is 16.1. The van der Waals surface area contributed by atoms with Gasteiger partial charge >= 0.3 is 0 Å². The largest absolute Gasteiger partial charge is 0.354 e. The average Bonchev–Trinajstić information content (AvgIpc) is 2.74. The van der Waals surface area contributed by atoms with Crippen LogP contribution < -0.4 is 10.6 Å². The molecule has 0 atom stereocenters. The van der Waals surface area contributed by atoms with E-state index in [-0.39, 0.29) is 5.91 Å². The van der Waals surface area contributed by atoms with Gasteiger partial charge in [-0.05, 0) is 12.1 Å². The number of aryl methyl sites for hydroxylation is 1. The minimum Gasteiger partial charge on any atom is -0.354 e. The van der Waals surface area contributed by atoms with Crippen molar-refractivity contribution in [3.63, 3.8) is 0 Å². The molecule has 2 heterocycles. The molecule has 88 valence electrons. The standard InChI is InChI=1S/C11H13N5O/c1-12-11(17)10-5-8(3-4-13-10)15-9-6-14-16(2)7-9/h3-7H,1-2H3,(H,12,17)(H,13,15). The zero-order chi connectivity index (χ0) is 12.3. The van der Waals surface area contributed by atoms with Crippen LogP contribution in [0.15, 0.2) is 30.7 Å². The quantitative estimate of drug-likeness (QED) is 0.824. The van der Waals surface area contributed by atoms with Crippen LogP contribution >= 0.6 is 0 Å². The second kappa shape index (κ2) is 4.65. The van der Waals surface area contributed by atoms with Gasteiger partial charge in [0.25, 0.3) is 5.91 Å². The van der Waals surface area contributed by atoms with Crippen molar-refractivity contribution in [3.8, 4) is 0 Å². The zero-order valence-electron chi connectivity index (χ0n) is 9.64. The Bertz CT molecular complexity index is 534. The number of hydrogen-bond acceptors (Lipinski definition) is 4. The fraction of sp³-hybridized carbons (Fsp3) is 0.182. The number of carbonyl (C=O) groups is 1. The lowest BCUT2D eigenvalue weighted by molar-refractivity contribution is 0.0958. The van der Waals surface area contributed by atoms with Gasteiger partial charge in [-0.1, -0.05) is 0 Å². The smallest absolute Gasteiger partial charge is 0.269 e. The van der Waals surface area contributed by atoms with Gasteiger partial charge in [-0.25, -0.2) is 0 Å². The van der Waals surface area contributed by atoms with E-state index in [9.17, 15) is 4.79 Å². The monoisotopic (exact) mass is 231 g/mol. The summed E-state index contributed by atoms with van der Waals surface area (Å²) in [7, 11) is 3.42. The van der Waals surface area contributed by atoms with E-state index < -0.39 is 0 Å². The molecule has 1 amide bonds. The van der Waals surface area contributed by atoms with Gasteiger partial charge in [0.15, 0.2) is 0 Å². The van der Waals surface area contributed by atoms with Gasteiger partial charge in [0.05, 0.1) is 11.9 Å². The van der Waals surface area contributed by atoms with Crippen molar-refractivity contribution in [1.29, 1.82) is 0 Å². The van der Waals surface area contributed by atoms with Crippen molar-refractivity contribution in [1.82, 2.24) is 20.1 Å². The van der Waals surface area contributed by atoms with Crippen molar-refractivity contribution < 1.29 is 4.79 Å². The Morgan fingerprint density at radius 1 is 1.41 bits per heavy atom. The normalized spacial score (nSPS) is 10.0. The number of nitrogens with zero attached hydrogens (tertiary/aromatic N) is 3. The second-order valence-electron chi connectivity index (χ2n) is 3.54. The van der Waals surface area contributed by atoms with E-state index in [1.54, 1.807) is 36.3 Å². The van der Waals surface area contributed by atoms with E-state index in [2.05, 4.69) is 20.7 Å². The van der Waals surface area contributed by atoms with Crippen LogP contribution in [0.2, 0.25) is 0 Å². The molecule has 17 heavy (non-hydrogen) atoms. The van der Waals surface area contributed by atoms with Gasteiger partial charge in [0.1, 0.15) is 5.69 Å². The summed E-state index contributed by atoms with van der Waals surface area (Å²) in [5, 5.41) is 9.72. The highest BCUT2D eigenvalue weighted by molar-refractivity contribution is 5.93. The molecule has 0 unspecified atom stereocenters. The Hall–Kier alpha value is -2.37. The molecule has 0 aliphatic heterocycles. The van der Waals surface area contributed by atoms with E-state index >= 15 is 0 Å². The van der Waals surface area contributed by atoms with Crippen molar-refractivity contribution >= 4 is 17.3 Å². The maximum atomic E-state index is 11.4. The van der Waals surface area contributed by atoms with Crippen LogP contribution in [0.25, 0.3) is 0 Å². The minimum absolute atomic E-state index is 0.208. The molecule has 2 N–H and O–H groups in total. The number of anilines is 2. The van der Waals surface area contributed by atoms with Crippen LogP contribution in [0.5, 0.6) is 0 Å². The van der Waals surface area contributed by atoms with Crippen LogP contribution in [0, 0.1) is 0 Å². The maximum absolute atomic E-state index is 11.4. The Labute approximate surface area is 98.7 Å². The lowest BCUT2D eigenvalue weighted by Crippen LogP contribution is -2.19. The summed E-state index contributed by atoms with van der Waals surface area (Å²) in [4.78, 5) is 15.4. The number of amides is 1. The highest BCUT2D eigenvalue weighted by Crippen LogP contribution is 2.15. The number of nitrogens with one attached hydrogen (secondary N) is 2. The summed E-state index contributed by atoms with van der Waals surface area (Å²) in [6.07, 6.45) is 5.14. The molecule has 0 aliphatic carbocycles. The van der Waals surface area contributed by atoms with Crippen molar-refractivity contribution in [2.75, 3.05) is 12.4 Å². The molecule has 0 fully saturated rings. The third-order valence-corrected chi connectivity index (χ3v) is 2.21. The number of hydrogen-bond donors (Lipinski definition) is 2. The molecule has 2 aromatic rings. The van der Waals surface area contributed by atoms with Gasteiger partial charge in [-0.2, -0.15) is 5.10 Å². The molecule has 0 spiro atoms. The Morgan fingerprint density at radius 3 is 2.88 bits per heavy atom. The molecule has 0 radical (unpaired) electrons. The first-order valence-corrected chi connectivity index (χ1v) is 5.13. The highest BCUT2D eigenvalue weighted by Gasteiger charge is 2.05. The van der Waals surface area contributed by atoms with Crippen molar-refractivity contribution in [2.45, 2.75) is 0 Å². The third-order valence-electron chi connectivity index (χ3n) is 2.21. The fourth-order valence-electron chi connectivity index (χ4n) is 1.41. The summed E-state index contributed by atoms with van der Waals surface area (Å²) < 4.78 is 1.70. The molecule has 0 saturated heterocycles. The first-order chi connectivity index (χ1) is 8.19. The predicted octanol–water partition coefficient (Wildman–Crippen LogP) is 0.918. The van der Waals surface area contributed by atoms with E-state index in [4.69, 9.17) is 0 Å². The first kappa shape index (κ1) is 11.1. The molecule has 0 aromatic carbocycles. The third kappa shape index (κ3) is 2.60. The predicted molar refractivity (Wildman–Crippen MR) is 64.1 cm³/mol. The molecule has 0 bridgehead atoms. The molecule has 6 heteroatoms. The zero-order valence-corrected chi connectivity index (χ0v) is 9.64. The summed E-state index contributed by atoms with van der Waals surface area (Å²) >= 11 is 0. The topological polar surface area (TPSA) is 71.8 Å². The maximum Gasteiger partial charge on any atom is 0.269 e. The summed E-state index contributed by atoms with van der Waals surface area (Å²) in [5.74, 6) is -0.208. The summed E-state index contributed by atoms with van der Waals surface area (Å²) in [5.41, 5.74) is 2.04. The van der Waals surface area contributed by atoms with Crippen LogP contribution in [-0.2, 0) is 7.05 Å².